The van der Waals surface area contributed by atoms with Crippen molar-refractivity contribution in [3.63, 3.8) is 0 Å². The van der Waals surface area contributed by atoms with Gasteiger partial charge in [-0.1, -0.05) is 30.3 Å². The quantitative estimate of drug-likeness (QED) is 0.251. The summed E-state index contributed by atoms with van der Waals surface area (Å²) in [5, 5.41) is 16.1. The number of aliphatic hydroxyl groups is 1. The SMILES string of the molecule is CCNC(=NCc1ccc(N2CCC(CO)CC2)cc1)NCC1(c2ccccc2F)CC1.I. The molecule has 1 heterocycles. The molecule has 2 fully saturated rings. The highest BCUT2D eigenvalue weighted by molar-refractivity contribution is 14.0. The first-order valence-corrected chi connectivity index (χ1v) is 11.9. The highest BCUT2D eigenvalue weighted by Crippen LogP contribution is 2.48. The molecule has 7 heteroatoms. The molecule has 3 N–H and O–H groups in total. The third-order valence-electron chi connectivity index (χ3n) is 6.83. The van der Waals surface area contributed by atoms with Crippen molar-refractivity contribution >= 4 is 35.6 Å². The van der Waals surface area contributed by atoms with Crippen molar-refractivity contribution in [3.8, 4) is 0 Å². The number of anilines is 1. The molecule has 5 nitrogen and oxygen atoms in total. The van der Waals surface area contributed by atoms with Crippen LogP contribution in [-0.4, -0.2) is 43.9 Å². The summed E-state index contributed by atoms with van der Waals surface area (Å²) >= 11 is 0. The van der Waals surface area contributed by atoms with Gasteiger partial charge in [0.1, 0.15) is 5.82 Å². The molecule has 1 saturated carbocycles. The van der Waals surface area contributed by atoms with Crippen molar-refractivity contribution in [1.82, 2.24) is 10.6 Å². The lowest BCUT2D eigenvalue weighted by atomic mass is 9.95. The standard InChI is InChI=1S/C26H35FN4O.HI/c1-2-28-25(30-19-26(13-14-26)23-5-3-4-6-24(23)27)29-17-20-7-9-22(10-8-20)31-15-11-21(18-32)12-16-31;/h3-10,21,32H,2,11-19H2,1H3,(H2,28,29,30);1H. The van der Waals surface area contributed by atoms with Crippen LogP contribution in [0.3, 0.4) is 0 Å². The predicted octanol–water partition coefficient (Wildman–Crippen LogP) is 4.44. The molecule has 2 aromatic rings. The number of benzene rings is 2. The number of piperidine rings is 1. The van der Waals surface area contributed by atoms with Crippen LogP contribution in [0.5, 0.6) is 0 Å². The molecule has 1 saturated heterocycles. The van der Waals surface area contributed by atoms with E-state index >= 15 is 0 Å². The van der Waals surface area contributed by atoms with Crippen LogP contribution in [-0.2, 0) is 12.0 Å². The van der Waals surface area contributed by atoms with E-state index in [2.05, 4.69) is 46.7 Å². The van der Waals surface area contributed by atoms with Gasteiger partial charge in [0.15, 0.2) is 5.96 Å². The Hall–Kier alpha value is -1.87. The molecule has 1 aliphatic heterocycles. The maximum absolute atomic E-state index is 14.3. The van der Waals surface area contributed by atoms with Crippen LogP contribution in [0.2, 0.25) is 0 Å². The number of nitrogens with one attached hydrogen (secondary N) is 2. The Morgan fingerprint density at radius 3 is 2.39 bits per heavy atom. The Balaban J connectivity index is 0.00000306. The van der Waals surface area contributed by atoms with Crippen molar-refractivity contribution in [1.29, 1.82) is 0 Å². The summed E-state index contributed by atoms with van der Waals surface area (Å²) in [6.07, 6.45) is 4.10. The van der Waals surface area contributed by atoms with E-state index in [4.69, 9.17) is 4.99 Å². The normalized spacial score (nSPS) is 17.9. The Kier molecular flexibility index (Phi) is 9.37. The van der Waals surface area contributed by atoms with Crippen LogP contribution in [0.25, 0.3) is 0 Å². The van der Waals surface area contributed by atoms with E-state index in [1.807, 2.05) is 12.1 Å². The predicted molar refractivity (Wildman–Crippen MR) is 144 cm³/mol. The third-order valence-corrected chi connectivity index (χ3v) is 6.83. The second kappa shape index (κ2) is 12.0. The fourth-order valence-corrected chi connectivity index (χ4v) is 4.53. The summed E-state index contributed by atoms with van der Waals surface area (Å²) < 4.78 is 14.3. The van der Waals surface area contributed by atoms with Crippen molar-refractivity contribution in [2.75, 3.05) is 37.7 Å². The highest BCUT2D eigenvalue weighted by Gasteiger charge is 2.45. The summed E-state index contributed by atoms with van der Waals surface area (Å²) in [5.41, 5.74) is 3.08. The highest BCUT2D eigenvalue weighted by atomic mass is 127. The van der Waals surface area contributed by atoms with Crippen LogP contribution < -0.4 is 15.5 Å². The maximum atomic E-state index is 14.3. The second-order valence-electron chi connectivity index (χ2n) is 9.09. The number of hydrogen-bond acceptors (Lipinski definition) is 3. The Morgan fingerprint density at radius 1 is 1.09 bits per heavy atom. The third kappa shape index (κ3) is 6.59. The molecule has 0 radical (unpaired) electrons. The molecule has 180 valence electrons. The summed E-state index contributed by atoms with van der Waals surface area (Å²) in [4.78, 5) is 7.14. The minimum Gasteiger partial charge on any atom is -0.396 e. The molecular weight excluding hydrogens is 530 g/mol. The van der Waals surface area contributed by atoms with Crippen LogP contribution >= 0.6 is 24.0 Å². The smallest absolute Gasteiger partial charge is 0.191 e. The zero-order valence-corrected chi connectivity index (χ0v) is 21.7. The van der Waals surface area contributed by atoms with Gasteiger partial charge in [0.2, 0.25) is 0 Å². The summed E-state index contributed by atoms with van der Waals surface area (Å²) in [6.45, 7) is 6.41. The molecule has 0 amide bonds. The van der Waals surface area contributed by atoms with Gasteiger partial charge in [-0.15, -0.1) is 24.0 Å². The number of hydrogen-bond donors (Lipinski definition) is 3. The Labute approximate surface area is 213 Å². The van der Waals surface area contributed by atoms with Crippen molar-refractivity contribution in [3.05, 3.63) is 65.5 Å². The van der Waals surface area contributed by atoms with Crippen molar-refractivity contribution < 1.29 is 9.50 Å². The molecule has 0 bridgehead atoms. The molecule has 0 aromatic heterocycles. The monoisotopic (exact) mass is 566 g/mol. The lowest BCUT2D eigenvalue weighted by molar-refractivity contribution is 0.203. The number of halogens is 2. The van der Waals surface area contributed by atoms with E-state index in [1.54, 1.807) is 12.1 Å². The van der Waals surface area contributed by atoms with Gasteiger partial charge in [0.25, 0.3) is 0 Å². The van der Waals surface area contributed by atoms with E-state index in [-0.39, 0.29) is 35.2 Å². The zero-order chi connectivity index (χ0) is 22.4. The lowest BCUT2D eigenvalue weighted by Gasteiger charge is -2.32. The average molecular weight is 567 g/mol. The van der Waals surface area contributed by atoms with Gasteiger partial charge in [0, 0.05) is 43.9 Å². The number of rotatable bonds is 8. The summed E-state index contributed by atoms with van der Waals surface area (Å²) in [5.74, 6) is 1.10. The first kappa shape index (κ1) is 25.7. The van der Waals surface area contributed by atoms with Gasteiger partial charge in [-0.05, 0) is 67.9 Å². The number of guanidine groups is 1. The largest absolute Gasteiger partial charge is 0.396 e. The molecule has 2 aromatic carbocycles. The van der Waals surface area contributed by atoms with Crippen LogP contribution in [0.4, 0.5) is 10.1 Å². The number of aliphatic hydroxyl groups excluding tert-OH is 1. The topological polar surface area (TPSA) is 59.9 Å². The molecule has 1 aliphatic carbocycles. The molecular formula is C26H36FIN4O. The van der Waals surface area contributed by atoms with Crippen molar-refractivity contribution in [2.45, 2.75) is 44.6 Å². The van der Waals surface area contributed by atoms with Gasteiger partial charge in [-0.3, -0.25) is 0 Å². The lowest BCUT2D eigenvalue weighted by Crippen LogP contribution is -2.41. The minimum absolute atomic E-state index is 0. The van der Waals surface area contributed by atoms with E-state index in [0.717, 1.165) is 62.4 Å². The van der Waals surface area contributed by atoms with Crippen LogP contribution in [0.15, 0.2) is 53.5 Å². The van der Waals surface area contributed by atoms with Crippen LogP contribution in [0.1, 0.15) is 43.7 Å². The number of nitrogens with zero attached hydrogens (tertiary/aromatic N) is 2. The molecule has 0 spiro atoms. The Bertz CT molecular complexity index is 909. The first-order valence-electron chi connectivity index (χ1n) is 11.9. The number of aliphatic imine (C=N–C) groups is 1. The van der Waals surface area contributed by atoms with Gasteiger partial charge >= 0.3 is 0 Å². The fraction of sp³-hybridized carbons (Fsp3) is 0.500. The molecule has 33 heavy (non-hydrogen) atoms. The van der Waals surface area contributed by atoms with E-state index in [1.165, 1.54) is 5.69 Å². The van der Waals surface area contributed by atoms with E-state index in [0.29, 0.717) is 25.6 Å². The zero-order valence-electron chi connectivity index (χ0n) is 19.4. The average Bonchev–Trinajstić information content (AvgIpc) is 3.62. The minimum atomic E-state index is -0.118. The van der Waals surface area contributed by atoms with Gasteiger partial charge in [0.05, 0.1) is 6.54 Å². The van der Waals surface area contributed by atoms with Gasteiger partial charge in [-0.2, -0.15) is 0 Å². The van der Waals surface area contributed by atoms with Gasteiger partial charge in [-0.25, -0.2) is 9.38 Å². The summed E-state index contributed by atoms with van der Waals surface area (Å²) in [7, 11) is 0. The molecule has 4 rings (SSSR count). The summed E-state index contributed by atoms with van der Waals surface area (Å²) in [6, 6.07) is 15.7. The maximum Gasteiger partial charge on any atom is 0.191 e. The van der Waals surface area contributed by atoms with E-state index in [9.17, 15) is 9.50 Å². The van der Waals surface area contributed by atoms with Gasteiger partial charge < -0.3 is 20.6 Å². The Morgan fingerprint density at radius 2 is 1.79 bits per heavy atom. The first-order chi connectivity index (χ1) is 15.6. The molecule has 0 unspecified atom stereocenters. The molecule has 2 aliphatic rings. The fourth-order valence-electron chi connectivity index (χ4n) is 4.53. The van der Waals surface area contributed by atoms with E-state index < -0.39 is 0 Å². The van der Waals surface area contributed by atoms with Crippen LogP contribution in [0, 0.1) is 11.7 Å². The van der Waals surface area contributed by atoms with Crippen molar-refractivity contribution in [2.24, 2.45) is 10.9 Å². The second-order valence-corrected chi connectivity index (χ2v) is 9.09. The molecule has 0 atom stereocenters.